The number of fused-ring (bicyclic) bond motifs is 33. The van der Waals surface area contributed by atoms with E-state index in [-0.39, 0.29) is 76.6 Å². The number of aromatic nitrogens is 6. The molecule has 0 bridgehead atoms. The fraction of sp³-hybridized carbons (Fsp3) is 0.0876. The molecule has 7 heterocycles. The number of benzene rings is 20. The van der Waals surface area contributed by atoms with Gasteiger partial charge in [0.15, 0.2) is 0 Å². The Balaban J connectivity index is 0.000000108. The second kappa shape index (κ2) is 40.5. The molecule has 20 aromatic carbocycles. The molecule has 5 aromatic heterocycles. The van der Waals surface area contributed by atoms with Crippen LogP contribution in [0.15, 0.2) is 432 Å². The average molecular weight is 2460 g/mol. The van der Waals surface area contributed by atoms with E-state index in [1.54, 1.807) is 12.4 Å². The molecule has 30 rings (SSSR count). The van der Waals surface area contributed by atoms with Crippen molar-refractivity contribution in [2.75, 3.05) is 23.9 Å². The Morgan fingerprint density at radius 2 is 0.640 bits per heavy atom. The number of anilines is 2. The minimum Gasteiger partial charge on any atom is -0.574 e. The Morgan fingerprint density at radius 1 is 0.280 bits per heavy atom. The van der Waals surface area contributed by atoms with Crippen LogP contribution in [0.2, 0.25) is 0 Å². The van der Waals surface area contributed by atoms with Gasteiger partial charge in [-0.05, 0) is 260 Å². The maximum absolute atomic E-state index is 4.79. The Hall–Kier alpha value is -16.0. The molecule has 150 heavy (non-hydrogen) atoms. The Labute approximate surface area is 914 Å². The molecule has 0 saturated heterocycles. The van der Waals surface area contributed by atoms with Gasteiger partial charge in [0.05, 0.1) is 0 Å². The number of hydrogen-bond donors (Lipinski definition) is 0. The van der Waals surface area contributed by atoms with E-state index in [1.165, 1.54) is 185 Å². The van der Waals surface area contributed by atoms with E-state index < -0.39 is 0 Å². The first-order chi connectivity index (χ1) is 72.0. The van der Waals surface area contributed by atoms with E-state index in [0.717, 1.165) is 72.7 Å². The summed E-state index contributed by atoms with van der Waals surface area (Å²) < 4.78 is 0. The van der Waals surface area contributed by atoms with Crippen molar-refractivity contribution in [2.45, 2.75) is 64.7 Å². The second-order valence-electron chi connectivity index (χ2n) is 40.1. The largest absolute Gasteiger partial charge is 3.00 e. The summed E-state index contributed by atoms with van der Waals surface area (Å²) in [6.45, 7) is 20.3. The Bertz CT molecular complexity index is 9200. The van der Waals surface area contributed by atoms with Gasteiger partial charge in [-0.3, -0.25) is 4.98 Å². The van der Waals surface area contributed by atoms with E-state index >= 15 is 0 Å². The summed E-state index contributed by atoms with van der Waals surface area (Å²) in [5.74, 6) is 0. The van der Waals surface area contributed by atoms with E-state index in [4.69, 9.17) is 15.0 Å². The molecule has 0 saturated carbocycles. The number of nitrogens with zero attached hydrogens (tertiary/aromatic N) is 10. The molecule has 0 amide bonds. The molecular formula is C137H100Ir3N10-2. The van der Waals surface area contributed by atoms with Gasteiger partial charge in [-0.25, -0.2) is 0 Å². The van der Waals surface area contributed by atoms with Crippen molar-refractivity contribution in [1.29, 1.82) is 0 Å². The third-order valence-electron chi connectivity index (χ3n) is 30.3. The summed E-state index contributed by atoms with van der Waals surface area (Å²) in [6, 6.07) is 151. The van der Waals surface area contributed by atoms with Crippen molar-refractivity contribution in [3.05, 3.63) is 515 Å². The maximum atomic E-state index is 4.79. The summed E-state index contributed by atoms with van der Waals surface area (Å²) in [6.07, 6.45) is 17.1. The predicted molar refractivity (Wildman–Crippen MR) is 612 cm³/mol. The van der Waals surface area contributed by atoms with Gasteiger partial charge in [0, 0.05) is 56.8 Å². The summed E-state index contributed by atoms with van der Waals surface area (Å²) in [7, 11) is 4.00. The SMILES string of the molecule is CC1(C)c2cc(-c3nccc4ccccc34)[c-]cc2-c2c1ccc1c3ccccc3c3ccccc3c21.CC1(C)c2cc(-c3nccc4ccccc34)[c-]cc2-c2c1ccc1c3ccccc3c3ccccc3c21.CC1(C)c2cc(-c3nccc4ccccc34)[c-]cc2-c2ccc3c4ccccc4c4ccccc4c3c21.CN1C=CN(c2[c-]cccc2)[CH-]1.Cc1c[c-]c(N2C=CN(C)[CH-]2)cc1.[Ir+3].[Ir+3].[Ir].c1ccc(-c2ccn[n-]2)nc1. The standard InChI is InChI=1S/3C36H24N.C11H12N2.C10H10N2.C8H6N3.3Ir/c1-36(2)32-21-23(35-24-10-4-3-9-22(24)19-20-37-35)15-16-28(32)31-18-17-30-27-13-6-5-11-25(27)26-12-7-8-14-29(26)33(30)34(31)36;2*1-36(2)31-18-17-29-27-13-6-5-11-25(27)26-12-7-8-14-28(26)33(29)34(31)30-16-15-23(21-32(30)36)35-24-10-4-3-9-22(24)19-20-37-35;1-10-3-5-11(6-4-10)13-8-7-12(2)9-13;1-11-7-8-12(9-11)10-5-3-2-4-6-10;1-2-5-9-7(3-1)8-4-6-10-11-8;;;/h3*3-14,16-21H,1-2H3;3-5,7-9H,1-2H3;2-5,7-9H,1H3;1-6H;;;/q3*-1;2*-2;-1;;2*+3. The molecule has 0 N–H and O–H groups in total. The first-order valence-electron chi connectivity index (χ1n) is 50.2. The van der Waals surface area contributed by atoms with Crippen LogP contribution < -0.4 is 14.9 Å². The van der Waals surface area contributed by atoms with Gasteiger partial charge >= 0.3 is 40.2 Å². The van der Waals surface area contributed by atoms with Gasteiger partial charge in [-0.2, -0.15) is 67.4 Å². The van der Waals surface area contributed by atoms with E-state index in [1.807, 2.05) is 145 Å². The summed E-state index contributed by atoms with van der Waals surface area (Å²) >= 11 is 0. The first-order valence-corrected chi connectivity index (χ1v) is 50.2. The molecule has 3 aliphatic carbocycles. The van der Waals surface area contributed by atoms with Gasteiger partial charge in [-0.1, -0.05) is 343 Å². The van der Waals surface area contributed by atoms with Crippen LogP contribution >= 0.6 is 0 Å². The van der Waals surface area contributed by atoms with Crippen LogP contribution in [0.25, 0.3) is 208 Å². The van der Waals surface area contributed by atoms with Crippen molar-refractivity contribution in [2.24, 2.45) is 0 Å². The molecule has 1 radical (unpaired) electrons. The average Bonchev–Trinajstić information content (AvgIpc) is 1.54. The topological polar surface area (TPSA) is 91.5 Å². The fourth-order valence-electron chi connectivity index (χ4n) is 23.2. The second-order valence-corrected chi connectivity index (χ2v) is 40.1. The molecular weight excluding hydrogens is 2360 g/mol. The zero-order valence-electron chi connectivity index (χ0n) is 84.1. The molecule has 0 fully saturated rings. The van der Waals surface area contributed by atoms with E-state index in [2.05, 4.69) is 415 Å². The third-order valence-corrected chi connectivity index (χ3v) is 30.3. The molecule has 0 atom stereocenters. The molecule has 25 aromatic rings. The van der Waals surface area contributed by atoms with E-state index in [0.29, 0.717) is 0 Å². The van der Waals surface area contributed by atoms with Crippen molar-refractivity contribution in [3.63, 3.8) is 0 Å². The van der Waals surface area contributed by atoms with Crippen LogP contribution in [0.1, 0.15) is 80.5 Å². The van der Waals surface area contributed by atoms with Gasteiger partial charge < -0.3 is 44.7 Å². The molecule has 2 aliphatic heterocycles. The van der Waals surface area contributed by atoms with Crippen LogP contribution in [0.4, 0.5) is 11.4 Å². The summed E-state index contributed by atoms with van der Waals surface area (Å²) in [5.41, 5.74) is 26.9. The molecule has 0 unspecified atom stereocenters. The quantitative estimate of drug-likeness (QED) is 0.118. The third kappa shape index (κ3) is 17.3. The van der Waals surface area contributed by atoms with Gasteiger partial charge in [-0.15, -0.1) is 105 Å². The Morgan fingerprint density at radius 3 is 1.02 bits per heavy atom. The van der Waals surface area contributed by atoms with Crippen LogP contribution in [0.5, 0.6) is 0 Å². The van der Waals surface area contributed by atoms with Crippen molar-refractivity contribution in [3.8, 4) is 78.5 Å². The zero-order valence-corrected chi connectivity index (χ0v) is 91.3. The molecule has 5 aliphatic rings. The number of hydrogen-bond acceptors (Lipinski definition) is 9. The monoisotopic (exact) mass is 2460 g/mol. The molecule has 727 valence electrons. The number of pyridine rings is 4. The minimum absolute atomic E-state index is 0. The molecule has 0 spiro atoms. The van der Waals surface area contributed by atoms with Crippen molar-refractivity contribution >= 4 is 141 Å². The van der Waals surface area contributed by atoms with E-state index in [9.17, 15) is 0 Å². The first kappa shape index (κ1) is 98.6. The number of rotatable bonds is 6. The van der Waals surface area contributed by atoms with Gasteiger partial charge in [0.1, 0.15) is 0 Å². The van der Waals surface area contributed by atoms with Gasteiger partial charge in [0.25, 0.3) is 0 Å². The summed E-state index contributed by atoms with van der Waals surface area (Å²) in [4.78, 5) is 26.6. The van der Waals surface area contributed by atoms with Crippen LogP contribution in [0, 0.1) is 50.6 Å². The maximum Gasteiger partial charge on any atom is 3.00 e. The molecule has 13 heteroatoms. The minimum atomic E-state index is -0.163. The summed E-state index contributed by atoms with van der Waals surface area (Å²) in [5, 5.41) is 38.5. The van der Waals surface area contributed by atoms with Crippen LogP contribution in [-0.2, 0) is 76.6 Å². The van der Waals surface area contributed by atoms with Gasteiger partial charge in [0.2, 0.25) is 0 Å². The zero-order chi connectivity index (χ0) is 99.3. The Kier molecular flexibility index (Phi) is 26.7. The predicted octanol–water partition coefficient (Wildman–Crippen LogP) is 33.5. The number of aryl methyl sites for hydroxylation is 1. The fourth-order valence-corrected chi connectivity index (χ4v) is 23.2. The van der Waals surface area contributed by atoms with Crippen molar-refractivity contribution < 1.29 is 60.3 Å². The van der Waals surface area contributed by atoms with Crippen LogP contribution in [0.3, 0.4) is 0 Å². The van der Waals surface area contributed by atoms with Crippen molar-refractivity contribution in [1.82, 2.24) is 39.9 Å². The smallest absolute Gasteiger partial charge is 0.574 e. The molecule has 10 nitrogen and oxygen atoms in total. The number of para-hydroxylation sites is 1. The normalized spacial score (nSPS) is 13.6. The van der Waals surface area contributed by atoms with Crippen LogP contribution in [-0.4, -0.2) is 48.9 Å².